The Morgan fingerprint density at radius 3 is 2.43 bits per heavy atom. The first-order valence-corrected chi connectivity index (χ1v) is 10.0. The quantitative estimate of drug-likeness (QED) is 0.334. The first-order chi connectivity index (χ1) is 13.8. The van der Waals surface area contributed by atoms with Crippen molar-refractivity contribution < 1.29 is 4.42 Å². The van der Waals surface area contributed by atoms with Crippen LogP contribution in [0.15, 0.2) is 59.0 Å². The van der Waals surface area contributed by atoms with E-state index in [1.54, 1.807) is 0 Å². The van der Waals surface area contributed by atoms with Crippen molar-refractivity contribution in [2.24, 2.45) is 0 Å². The third-order valence-electron chi connectivity index (χ3n) is 5.09. The third-order valence-corrected chi connectivity index (χ3v) is 5.09. The maximum absolute atomic E-state index is 5.98. The molecule has 0 radical (unpaired) electrons. The van der Waals surface area contributed by atoms with E-state index in [9.17, 15) is 0 Å². The molecule has 0 amide bonds. The van der Waals surface area contributed by atoms with Crippen molar-refractivity contribution in [2.75, 3.05) is 31.5 Å². The Morgan fingerprint density at radius 1 is 0.933 bits per heavy atom. The number of aromatic nitrogens is 2. The molecule has 160 valence electrons. The van der Waals surface area contributed by atoms with E-state index in [4.69, 9.17) is 14.4 Å². The molecule has 7 heteroatoms. The van der Waals surface area contributed by atoms with Crippen LogP contribution in [-0.4, -0.2) is 41.0 Å². The van der Waals surface area contributed by atoms with Gasteiger partial charge in [-0.2, -0.15) is 0 Å². The summed E-state index contributed by atoms with van der Waals surface area (Å²) >= 11 is 0. The first kappa shape index (κ1) is 23.9. The summed E-state index contributed by atoms with van der Waals surface area (Å²) < 4.78 is 5.98. The minimum atomic E-state index is 0. The number of nitrogens with zero attached hydrogens (tertiary/aromatic N) is 3. The van der Waals surface area contributed by atoms with Gasteiger partial charge >= 0.3 is 0 Å². The minimum absolute atomic E-state index is 0. The van der Waals surface area contributed by atoms with Gasteiger partial charge in [-0.15, -0.1) is 24.8 Å². The molecule has 2 aromatic heterocycles. The van der Waals surface area contributed by atoms with Crippen molar-refractivity contribution in [1.82, 2.24) is 14.9 Å². The van der Waals surface area contributed by atoms with Crippen molar-refractivity contribution in [3.05, 3.63) is 54.6 Å². The number of hydrogen-bond donors (Lipinski definition) is 1. The number of hydrogen-bond acceptors (Lipinski definition) is 5. The largest absolute Gasteiger partial charge is 0.453 e. The summed E-state index contributed by atoms with van der Waals surface area (Å²) in [6.07, 6.45) is 1.07. The molecule has 0 aliphatic rings. The molecule has 0 fully saturated rings. The highest BCUT2D eigenvalue weighted by Crippen LogP contribution is 2.29. The molecular weight excluding hydrogens is 419 g/mol. The fraction of sp³-hybridized carbons (Fsp3) is 0.304. The van der Waals surface area contributed by atoms with Crippen LogP contribution in [-0.2, 0) is 0 Å². The van der Waals surface area contributed by atoms with Crippen molar-refractivity contribution in [3.8, 4) is 11.6 Å². The van der Waals surface area contributed by atoms with Gasteiger partial charge in [0, 0.05) is 17.3 Å². The van der Waals surface area contributed by atoms with Gasteiger partial charge in [0.1, 0.15) is 11.4 Å². The van der Waals surface area contributed by atoms with E-state index in [2.05, 4.69) is 30.1 Å². The highest BCUT2D eigenvalue weighted by Gasteiger charge is 2.13. The van der Waals surface area contributed by atoms with Crippen molar-refractivity contribution >= 4 is 52.5 Å². The molecule has 1 N–H and O–H groups in total. The molecule has 2 heterocycles. The van der Waals surface area contributed by atoms with E-state index in [-0.39, 0.29) is 24.8 Å². The van der Waals surface area contributed by atoms with Crippen LogP contribution >= 0.6 is 24.8 Å². The van der Waals surface area contributed by atoms with Gasteiger partial charge in [0.25, 0.3) is 0 Å². The standard InChI is InChI=1S/C23H26N4O.2ClH/c1-3-27(4-2)15-9-14-24-22-18-11-6-7-12-19(18)25-23(26-22)21-16-17-10-5-8-13-20(17)28-21;;/h5-8,10-13,16H,3-4,9,14-15H2,1-2H3,(H,24,25,26);2*1H. The van der Waals surface area contributed by atoms with Gasteiger partial charge in [0.05, 0.1) is 5.52 Å². The molecule has 0 aliphatic carbocycles. The van der Waals surface area contributed by atoms with Gasteiger partial charge in [-0.05, 0) is 50.3 Å². The summed E-state index contributed by atoms with van der Waals surface area (Å²) in [5.74, 6) is 2.17. The van der Waals surface area contributed by atoms with Crippen LogP contribution < -0.4 is 5.32 Å². The highest BCUT2D eigenvalue weighted by atomic mass is 35.5. The maximum Gasteiger partial charge on any atom is 0.198 e. The van der Waals surface area contributed by atoms with Gasteiger partial charge in [-0.1, -0.05) is 44.2 Å². The Bertz CT molecular complexity index is 1050. The van der Waals surface area contributed by atoms with E-state index in [0.29, 0.717) is 11.6 Å². The zero-order chi connectivity index (χ0) is 19.3. The summed E-state index contributed by atoms with van der Waals surface area (Å²) in [7, 11) is 0. The lowest BCUT2D eigenvalue weighted by molar-refractivity contribution is 0.303. The lowest BCUT2D eigenvalue weighted by atomic mass is 10.2. The van der Waals surface area contributed by atoms with E-state index in [0.717, 1.165) is 60.3 Å². The second-order valence-electron chi connectivity index (χ2n) is 6.87. The van der Waals surface area contributed by atoms with E-state index < -0.39 is 0 Å². The van der Waals surface area contributed by atoms with Gasteiger partial charge in [0.15, 0.2) is 11.6 Å². The second kappa shape index (κ2) is 11.2. The molecule has 0 unspecified atom stereocenters. The molecule has 2 aromatic carbocycles. The number of anilines is 1. The number of rotatable bonds is 8. The molecule has 0 aliphatic heterocycles. The average Bonchev–Trinajstić information content (AvgIpc) is 3.18. The Kier molecular flexibility index (Phi) is 8.90. The molecule has 0 saturated heterocycles. The van der Waals surface area contributed by atoms with E-state index in [1.807, 2.05) is 48.5 Å². The molecule has 4 aromatic rings. The number of benzene rings is 2. The Balaban J connectivity index is 0.00000160. The SMILES string of the molecule is CCN(CC)CCCNc1nc(-c2cc3ccccc3o2)nc2ccccc12.Cl.Cl. The maximum atomic E-state index is 5.98. The zero-order valence-electron chi connectivity index (χ0n) is 17.3. The monoisotopic (exact) mass is 446 g/mol. The fourth-order valence-electron chi connectivity index (χ4n) is 3.46. The van der Waals surface area contributed by atoms with Crippen LogP contribution in [0.2, 0.25) is 0 Å². The number of halogens is 2. The topological polar surface area (TPSA) is 54.2 Å². The molecule has 30 heavy (non-hydrogen) atoms. The molecule has 4 rings (SSSR count). The summed E-state index contributed by atoms with van der Waals surface area (Å²) in [5.41, 5.74) is 1.77. The minimum Gasteiger partial charge on any atom is -0.453 e. The van der Waals surface area contributed by atoms with Crippen LogP contribution in [0, 0.1) is 0 Å². The van der Waals surface area contributed by atoms with Crippen LogP contribution in [0.5, 0.6) is 0 Å². The number of para-hydroxylation sites is 2. The normalized spacial score (nSPS) is 10.8. The number of fused-ring (bicyclic) bond motifs is 2. The Hall–Kier alpha value is -2.34. The van der Waals surface area contributed by atoms with Gasteiger partial charge in [0.2, 0.25) is 0 Å². The summed E-state index contributed by atoms with van der Waals surface area (Å²) in [4.78, 5) is 12.0. The zero-order valence-corrected chi connectivity index (χ0v) is 18.9. The molecule has 0 bridgehead atoms. The van der Waals surface area contributed by atoms with Gasteiger partial charge < -0.3 is 14.6 Å². The van der Waals surface area contributed by atoms with Crippen LogP contribution in [0.3, 0.4) is 0 Å². The van der Waals surface area contributed by atoms with Crippen molar-refractivity contribution in [3.63, 3.8) is 0 Å². The van der Waals surface area contributed by atoms with Gasteiger partial charge in [-0.25, -0.2) is 9.97 Å². The summed E-state index contributed by atoms with van der Waals surface area (Å²) in [5, 5.41) is 5.61. The van der Waals surface area contributed by atoms with Crippen LogP contribution in [0.4, 0.5) is 5.82 Å². The van der Waals surface area contributed by atoms with Crippen molar-refractivity contribution in [2.45, 2.75) is 20.3 Å². The molecule has 5 nitrogen and oxygen atoms in total. The molecule has 0 atom stereocenters. The lowest BCUT2D eigenvalue weighted by Crippen LogP contribution is -2.25. The highest BCUT2D eigenvalue weighted by molar-refractivity contribution is 5.91. The van der Waals surface area contributed by atoms with E-state index in [1.165, 1.54) is 0 Å². The van der Waals surface area contributed by atoms with Crippen LogP contribution in [0.25, 0.3) is 33.5 Å². The predicted molar refractivity (Wildman–Crippen MR) is 130 cm³/mol. The van der Waals surface area contributed by atoms with Crippen molar-refractivity contribution in [1.29, 1.82) is 0 Å². The fourth-order valence-corrected chi connectivity index (χ4v) is 3.46. The Labute approximate surface area is 189 Å². The number of furan rings is 1. The third kappa shape index (κ3) is 5.22. The number of nitrogens with one attached hydrogen (secondary N) is 1. The molecule has 0 spiro atoms. The molecule has 0 saturated carbocycles. The lowest BCUT2D eigenvalue weighted by Gasteiger charge is -2.18. The molecular formula is C23H28Cl2N4O. The van der Waals surface area contributed by atoms with Crippen LogP contribution in [0.1, 0.15) is 20.3 Å². The smallest absolute Gasteiger partial charge is 0.198 e. The Morgan fingerprint density at radius 2 is 1.67 bits per heavy atom. The van der Waals surface area contributed by atoms with Gasteiger partial charge in [-0.3, -0.25) is 0 Å². The van der Waals surface area contributed by atoms with E-state index >= 15 is 0 Å². The average molecular weight is 447 g/mol. The second-order valence-corrected chi connectivity index (χ2v) is 6.87. The first-order valence-electron chi connectivity index (χ1n) is 10.0. The summed E-state index contributed by atoms with van der Waals surface area (Å²) in [6, 6.07) is 18.1. The predicted octanol–water partition coefficient (Wildman–Crippen LogP) is 6.03. The summed E-state index contributed by atoms with van der Waals surface area (Å²) in [6.45, 7) is 8.53.